The van der Waals surface area contributed by atoms with E-state index in [9.17, 15) is 0 Å². The van der Waals surface area contributed by atoms with Crippen LogP contribution in [0.4, 0.5) is 11.6 Å². The Hall–Kier alpha value is -2.82. The van der Waals surface area contributed by atoms with Crippen LogP contribution < -0.4 is 5.32 Å². The number of H-pyrrole nitrogens is 1. The highest BCUT2D eigenvalue weighted by Crippen LogP contribution is 2.23. The Balaban J connectivity index is 1.72. The first-order chi connectivity index (χ1) is 9.78. The molecule has 0 fully saturated rings. The molecule has 2 aromatic carbocycles. The molecule has 0 saturated carbocycles. The largest absolute Gasteiger partial charge is 0.441 e. The van der Waals surface area contributed by atoms with Crippen molar-refractivity contribution in [1.29, 1.82) is 0 Å². The van der Waals surface area contributed by atoms with Crippen molar-refractivity contribution in [2.75, 3.05) is 5.32 Å². The number of nitrogens with zero attached hydrogens (tertiary/aromatic N) is 2. The van der Waals surface area contributed by atoms with Crippen LogP contribution in [-0.2, 0) is 0 Å². The predicted octanol–water partition coefficient (Wildman–Crippen LogP) is 3.76. The Morgan fingerprint density at radius 1 is 1.05 bits per heavy atom. The molecule has 98 valence electrons. The van der Waals surface area contributed by atoms with Gasteiger partial charge in [0, 0.05) is 18.7 Å². The summed E-state index contributed by atoms with van der Waals surface area (Å²) in [7, 11) is 0. The Labute approximate surface area is 114 Å². The van der Waals surface area contributed by atoms with Crippen LogP contribution in [0.25, 0.3) is 22.1 Å². The van der Waals surface area contributed by atoms with Gasteiger partial charge in [0.05, 0.1) is 11.0 Å². The molecule has 0 bridgehead atoms. The fourth-order valence-electron chi connectivity index (χ4n) is 2.27. The van der Waals surface area contributed by atoms with Gasteiger partial charge in [-0.25, -0.2) is 9.97 Å². The van der Waals surface area contributed by atoms with Crippen molar-refractivity contribution in [2.45, 2.75) is 6.92 Å². The van der Waals surface area contributed by atoms with E-state index in [1.807, 2.05) is 49.4 Å². The first kappa shape index (κ1) is 11.0. The summed E-state index contributed by atoms with van der Waals surface area (Å²) in [6, 6.07) is 13.7. The molecule has 0 radical (unpaired) electrons. The van der Waals surface area contributed by atoms with Crippen molar-refractivity contribution >= 4 is 33.8 Å². The van der Waals surface area contributed by atoms with Gasteiger partial charge in [-0.3, -0.25) is 0 Å². The SMILES string of the molecule is Cc1nc2ccc(Nc3nc4ccccc4[nH]3)cc2o1. The number of oxazole rings is 1. The smallest absolute Gasteiger partial charge is 0.205 e. The number of fused-ring (bicyclic) bond motifs is 2. The number of para-hydroxylation sites is 2. The van der Waals surface area contributed by atoms with Crippen LogP contribution in [0.3, 0.4) is 0 Å². The number of imidazole rings is 1. The topological polar surface area (TPSA) is 66.7 Å². The molecule has 0 unspecified atom stereocenters. The average Bonchev–Trinajstić information content (AvgIpc) is 2.99. The lowest BCUT2D eigenvalue weighted by atomic mass is 10.3. The Kier molecular flexibility index (Phi) is 2.26. The van der Waals surface area contributed by atoms with E-state index in [1.54, 1.807) is 0 Å². The molecule has 0 amide bonds. The molecule has 0 aliphatic carbocycles. The van der Waals surface area contributed by atoms with Gasteiger partial charge in [0.15, 0.2) is 11.5 Å². The second-order valence-electron chi connectivity index (χ2n) is 4.64. The minimum Gasteiger partial charge on any atom is -0.441 e. The van der Waals surface area contributed by atoms with E-state index in [1.165, 1.54) is 0 Å². The van der Waals surface area contributed by atoms with Gasteiger partial charge in [-0.1, -0.05) is 12.1 Å². The summed E-state index contributed by atoms with van der Waals surface area (Å²) in [4.78, 5) is 12.0. The summed E-state index contributed by atoms with van der Waals surface area (Å²) >= 11 is 0. The van der Waals surface area contributed by atoms with Gasteiger partial charge in [-0.05, 0) is 24.3 Å². The molecular formula is C15H12N4O. The molecule has 0 aliphatic rings. The maximum atomic E-state index is 5.52. The summed E-state index contributed by atoms with van der Waals surface area (Å²) in [6.45, 7) is 1.84. The first-order valence-corrected chi connectivity index (χ1v) is 6.37. The summed E-state index contributed by atoms with van der Waals surface area (Å²) in [5.41, 5.74) is 4.48. The third-order valence-corrected chi connectivity index (χ3v) is 3.15. The monoisotopic (exact) mass is 264 g/mol. The molecule has 0 aliphatic heterocycles. The first-order valence-electron chi connectivity index (χ1n) is 6.37. The maximum Gasteiger partial charge on any atom is 0.205 e. The van der Waals surface area contributed by atoms with Crippen LogP contribution in [0.15, 0.2) is 46.9 Å². The molecule has 4 rings (SSSR count). The number of aromatic nitrogens is 3. The minimum absolute atomic E-state index is 0.667. The third-order valence-electron chi connectivity index (χ3n) is 3.15. The van der Waals surface area contributed by atoms with Crippen molar-refractivity contribution < 1.29 is 4.42 Å². The van der Waals surface area contributed by atoms with Crippen LogP contribution in [-0.4, -0.2) is 15.0 Å². The molecule has 5 nitrogen and oxygen atoms in total. The summed E-state index contributed by atoms with van der Waals surface area (Å²) in [6.07, 6.45) is 0. The van der Waals surface area contributed by atoms with Gasteiger partial charge in [0.2, 0.25) is 5.95 Å². The van der Waals surface area contributed by atoms with Crippen molar-refractivity contribution in [3.05, 3.63) is 48.4 Å². The summed E-state index contributed by atoms with van der Waals surface area (Å²) < 4.78 is 5.52. The van der Waals surface area contributed by atoms with Crippen LogP contribution in [0, 0.1) is 6.92 Å². The number of benzene rings is 2. The molecule has 0 saturated heterocycles. The highest BCUT2D eigenvalue weighted by Gasteiger charge is 2.05. The molecule has 2 heterocycles. The summed E-state index contributed by atoms with van der Waals surface area (Å²) in [5, 5.41) is 3.24. The normalized spacial score (nSPS) is 11.2. The zero-order valence-electron chi connectivity index (χ0n) is 10.8. The molecule has 4 aromatic rings. The van der Waals surface area contributed by atoms with Gasteiger partial charge in [0.1, 0.15) is 5.52 Å². The molecule has 2 N–H and O–H groups in total. The van der Waals surface area contributed by atoms with E-state index in [-0.39, 0.29) is 0 Å². The Morgan fingerprint density at radius 2 is 1.95 bits per heavy atom. The van der Waals surface area contributed by atoms with Crippen molar-refractivity contribution in [1.82, 2.24) is 15.0 Å². The molecule has 5 heteroatoms. The number of hydrogen-bond donors (Lipinski definition) is 2. The van der Waals surface area contributed by atoms with E-state index in [4.69, 9.17) is 4.42 Å². The van der Waals surface area contributed by atoms with E-state index in [2.05, 4.69) is 20.3 Å². The van der Waals surface area contributed by atoms with E-state index in [0.717, 1.165) is 27.8 Å². The molecule has 0 atom stereocenters. The highest BCUT2D eigenvalue weighted by molar-refractivity contribution is 5.81. The van der Waals surface area contributed by atoms with Crippen LogP contribution in [0.1, 0.15) is 5.89 Å². The van der Waals surface area contributed by atoms with Gasteiger partial charge < -0.3 is 14.7 Å². The van der Waals surface area contributed by atoms with Crippen molar-refractivity contribution in [2.24, 2.45) is 0 Å². The lowest BCUT2D eigenvalue weighted by Crippen LogP contribution is -1.91. The lowest BCUT2D eigenvalue weighted by molar-refractivity contribution is 0.561. The molecule has 2 aromatic heterocycles. The third kappa shape index (κ3) is 1.80. The molecule has 20 heavy (non-hydrogen) atoms. The quantitative estimate of drug-likeness (QED) is 0.578. The molecular weight excluding hydrogens is 252 g/mol. The Bertz CT molecular complexity index is 873. The van der Waals surface area contributed by atoms with Gasteiger partial charge in [-0.15, -0.1) is 0 Å². The minimum atomic E-state index is 0.667. The predicted molar refractivity (Wildman–Crippen MR) is 78.1 cm³/mol. The fraction of sp³-hybridized carbons (Fsp3) is 0.0667. The van der Waals surface area contributed by atoms with E-state index >= 15 is 0 Å². The van der Waals surface area contributed by atoms with Gasteiger partial charge in [-0.2, -0.15) is 0 Å². The van der Waals surface area contributed by atoms with Crippen LogP contribution in [0.5, 0.6) is 0 Å². The van der Waals surface area contributed by atoms with E-state index < -0.39 is 0 Å². The van der Waals surface area contributed by atoms with E-state index in [0.29, 0.717) is 11.8 Å². The number of rotatable bonds is 2. The van der Waals surface area contributed by atoms with Crippen LogP contribution in [0.2, 0.25) is 0 Å². The second-order valence-corrected chi connectivity index (χ2v) is 4.64. The standard InChI is InChI=1S/C15H12N4O/c1-9-16-13-7-6-10(8-14(13)20-9)17-15-18-11-4-2-3-5-12(11)19-15/h2-8H,1H3,(H2,17,18,19). The maximum absolute atomic E-state index is 5.52. The van der Waals surface area contributed by atoms with Crippen molar-refractivity contribution in [3.8, 4) is 0 Å². The number of anilines is 2. The summed E-state index contributed by atoms with van der Waals surface area (Å²) in [5.74, 6) is 1.38. The Morgan fingerprint density at radius 3 is 2.85 bits per heavy atom. The van der Waals surface area contributed by atoms with Gasteiger partial charge >= 0.3 is 0 Å². The number of hydrogen-bond acceptors (Lipinski definition) is 4. The number of aryl methyl sites for hydroxylation is 1. The molecule has 0 spiro atoms. The number of nitrogens with one attached hydrogen (secondary N) is 2. The number of aromatic amines is 1. The fourth-order valence-corrected chi connectivity index (χ4v) is 2.27. The zero-order chi connectivity index (χ0) is 13.5. The second kappa shape index (κ2) is 4.09. The lowest BCUT2D eigenvalue weighted by Gasteiger charge is -2.01. The van der Waals surface area contributed by atoms with Crippen molar-refractivity contribution in [3.63, 3.8) is 0 Å². The van der Waals surface area contributed by atoms with Gasteiger partial charge in [0.25, 0.3) is 0 Å². The van der Waals surface area contributed by atoms with Crippen LogP contribution >= 0.6 is 0 Å². The zero-order valence-corrected chi connectivity index (χ0v) is 10.8. The average molecular weight is 264 g/mol. The highest BCUT2D eigenvalue weighted by atomic mass is 16.3.